The summed E-state index contributed by atoms with van der Waals surface area (Å²) in [4.78, 5) is 20.0. The Labute approximate surface area is 114 Å². The van der Waals surface area contributed by atoms with Crippen LogP contribution in [0.1, 0.15) is 23.8 Å². The Bertz CT molecular complexity index is 441. The Hall–Kier alpha value is -1.62. The topological polar surface area (TPSA) is 48.5 Å². The van der Waals surface area contributed by atoms with Crippen molar-refractivity contribution in [3.63, 3.8) is 0 Å². The molecule has 104 valence electrons. The van der Waals surface area contributed by atoms with Gasteiger partial charge < -0.3 is 15.1 Å². The van der Waals surface area contributed by atoms with E-state index in [1.807, 2.05) is 12.1 Å². The van der Waals surface area contributed by atoms with E-state index in [0.29, 0.717) is 11.7 Å². The third kappa shape index (κ3) is 3.04. The molecule has 5 nitrogen and oxygen atoms in total. The Morgan fingerprint density at radius 1 is 1.53 bits per heavy atom. The predicted octanol–water partition coefficient (Wildman–Crippen LogP) is 0.972. The molecule has 5 heteroatoms. The van der Waals surface area contributed by atoms with E-state index in [4.69, 9.17) is 0 Å². The highest BCUT2D eigenvalue weighted by Crippen LogP contribution is 2.20. The molecule has 1 aromatic rings. The fourth-order valence-electron chi connectivity index (χ4n) is 2.50. The van der Waals surface area contributed by atoms with Crippen molar-refractivity contribution in [1.29, 1.82) is 0 Å². The van der Waals surface area contributed by atoms with Crippen LogP contribution in [0.5, 0.6) is 0 Å². The molecule has 0 saturated carbocycles. The lowest BCUT2D eigenvalue weighted by atomic mass is 10.2. The molecule has 1 aromatic heterocycles. The molecule has 1 fully saturated rings. The zero-order valence-corrected chi connectivity index (χ0v) is 11.9. The number of hydrogen-bond acceptors (Lipinski definition) is 4. The molecule has 0 aliphatic carbocycles. The molecule has 1 unspecified atom stereocenters. The number of nitrogens with zero attached hydrogens (tertiary/aromatic N) is 3. The molecule has 19 heavy (non-hydrogen) atoms. The number of nitrogens with one attached hydrogen (secondary N) is 1. The maximum Gasteiger partial charge on any atom is 0.272 e. The summed E-state index contributed by atoms with van der Waals surface area (Å²) in [5, 5.41) is 3.38. The lowest BCUT2D eigenvalue weighted by molar-refractivity contribution is 0.0822. The number of aromatic nitrogens is 1. The van der Waals surface area contributed by atoms with Crippen molar-refractivity contribution >= 4 is 11.6 Å². The minimum absolute atomic E-state index is 0.0533. The van der Waals surface area contributed by atoms with E-state index in [1.165, 1.54) is 0 Å². The summed E-state index contributed by atoms with van der Waals surface area (Å²) >= 11 is 0. The second-order valence-electron chi connectivity index (χ2n) is 5.03. The van der Waals surface area contributed by atoms with Crippen molar-refractivity contribution in [1.82, 2.24) is 15.2 Å². The van der Waals surface area contributed by atoms with E-state index < -0.39 is 0 Å². The van der Waals surface area contributed by atoms with Crippen molar-refractivity contribution in [3.8, 4) is 0 Å². The average molecular weight is 262 g/mol. The minimum Gasteiger partial charge on any atom is -0.367 e. The molecule has 0 aromatic carbocycles. The summed E-state index contributed by atoms with van der Waals surface area (Å²) in [6, 6.07) is 4.38. The molecule has 0 spiro atoms. The summed E-state index contributed by atoms with van der Waals surface area (Å²) in [5.41, 5.74) is 1.59. The van der Waals surface area contributed by atoms with Gasteiger partial charge in [-0.25, -0.2) is 0 Å². The molecular weight excluding hydrogens is 240 g/mol. The normalized spacial score (nSPS) is 18.4. The fraction of sp³-hybridized carbons (Fsp3) is 0.571. The Morgan fingerprint density at radius 3 is 2.89 bits per heavy atom. The van der Waals surface area contributed by atoms with Crippen LogP contribution in [0.15, 0.2) is 18.3 Å². The number of hydrogen-bond donors (Lipinski definition) is 1. The minimum atomic E-state index is -0.0533. The molecule has 0 radical (unpaired) electrons. The number of pyridine rings is 1. The van der Waals surface area contributed by atoms with Crippen molar-refractivity contribution in [3.05, 3.63) is 24.0 Å². The van der Waals surface area contributed by atoms with Gasteiger partial charge in [0.2, 0.25) is 0 Å². The quantitative estimate of drug-likeness (QED) is 0.878. The van der Waals surface area contributed by atoms with Gasteiger partial charge in [0, 0.05) is 45.1 Å². The molecule has 1 aliphatic rings. The highest BCUT2D eigenvalue weighted by atomic mass is 16.2. The molecule has 1 N–H and O–H groups in total. The molecule has 1 amide bonds. The monoisotopic (exact) mass is 262 g/mol. The third-order valence-corrected chi connectivity index (χ3v) is 3.52. The van der Waals surface area contributed by atoms with Crippen molar-refractivity contribution in [2.45, 2.75) is 19.4 Å². The summed E-state index contributed by atoms with van der Waals surface area (Å²) in [7, 11) is 3.49. The van der Waals surface area contributed by atoms with Gasteiger partial charge in [0.1, 0.15) is 5.69 Å². The summed E-state index contributed by atoms with van der Waals surface area (Å²) < 4.78 is 0. The van der Waals surface area contributed by atoms with Gasteiger partial charge in [-0.05, 0) is 32.0 Å². The number of anilines is 1. The van der Waals surface area contributed by atoms with Crippen LogP contribution in [0.2, 0.25) is 0 Å². The summed E-state index contributed by atoms with van der Waals surface area (Å²) in [6.45, 7) is 5.15. The Kier molecular flexibility index (Phi) is 4.37. The number of carbonyl (C=O) groups is 1. The van der Waals surface area contributed by atoms with E-state index in [2.05, 4.69) is 22.1 Å². The maximum atomic E-state index is 12.0. The van der Waals surface area contributed by atoms with E-state index in [0.717, 1.165) is 31.7 Å². The van der Waals surface area contributed by atoms with Crippen molar-refractivity contribution in [2.75, 3.05) is 38.6 Å². The SMILES string of the molecule is CCN(c1ccnc(C(=O)N(C)C)c1)C1CCNC1. The van der Waals surface area contributed by atoms with Gasteiger partial charge in [0.05, 0.1) is 0 Å². The summed E-state index contributed by atoms with van der Waals surface area (Å²) in [6.07, 6.45) is 2.87. The second-order valence-corrected chi connectivity index (χ2v) is 5.03. The van der Waals surface area contributed by atoms with E-state index in [-0.39, 0.29) is 5.91 Å². The van der Waals surface area contributed by atoms with Crippen LogP contribution in [0.4, 0.5) is 5.69 Å². The largest absolute Gasteiger partial charge is 0.367 e. The van der Waals surface area contributed by atoms with Crippen LogP contribution in [-0.4, -0.2) is 55.6 Å². The highest BCUT2D eigenvalue weighted by Gasteiger charge is 2.22. The first-order chi connectivity index (χ1) is 9.13. The van der Waals surface area contributed by atoms with Gasteiger partial charge in [-0.1, -0.05) is 0 Å². The third-order valence-electron chi connectivity index (χ3n) is 3.52. The van der Waals surface area contributed by atoms with Gasteiger partial charge in [0.15, 0.2) is 0 Å². The standard InChI is InChI=1S/C14H22N4O/c1-4-18(12-5-7-15-10-12)11-6-8-16-13(9-11)14(19)17(2)3/h6,8-9,12,15H,4-5,7,10H2,1-3H3. The van der Waals surface area contributed by atoms with Crippen LogP contribution < -0.4 is 10.2 Å². The zero-order valence-electron chi connectivity index (χ0n) is 11.9. The van der Waals surface area contributed by atoms with Gasteiger partial charge in [0.25, 0.3) is 5.91 Å². The summed E-state index contributed by atoms with van der Waals surface area (Å²) in [5.74, 6) is -0.0533. The number of carbonyl (C=O) groups excluding carboxylic acids is 1. The molecule has 2 heterocycles. The molecule has 1 saturated heterocycles. The van der Waals surface area contributed by atoms with Crippen LogP contribution in [0, 0.1) is 0 Å². The first kappa shape index (κ1) is 13.8. The smallest absolute Gasteiger partial charge is 0.272 e. The van der Waals surface area contributed by atoms with Gasteiger partial charge in [-0.15, -0.1) is 0 Å². The Balaban J connectivity index is 2.23. The van der Waals surface area contributed by atoms with E-state index in [1.54, 1.807) is 25.2 Å². The van der Waals surface area contributed by atoms with Gasteiger partial charge in [-0.3, -0.25) is 9.78 Å². The molecule has 2 rings (SSSR count). The molecule has 1 atom stereocenters. The maximum absolute atomic E-state index is 12.0. The molecular formula is C14H22N4O. The second kappa shape index (κ2) is 6.02. The Morgan fingerprint density at radius 2 is 2.32 bits per heavy atom. The van der Waals surface area contributed by atoms with Crippen molar-refractivity contribution < 1.29 is 4.79 Å². The van der Waals surface area contributed by atoms with Crippen LogP contribution in [0.3, 0.4) is 0 Å². The van der Waals surface area contributed by atoms with Crippen LogP contribution in [0.25, 0.3) is 0 Å². The molecule has 1 aliphatic heterocycles. The zero-order chi connectivity index (χ0) is 13.8. The van der Waals surface area contributed by atoms with E-state index in [9.17, 15) is 4.79 Å². The lowest BCUT2D eigenvalue weighted by Crippen LogP contribution is -2.37. The van der Waals surface area contributed by atoms with Crippen molar-refractivity contribution in [2.24, 2.45) is 0 Å². The predicted molar refractivity (Wildman–Crippen MR) is 76.5 cm³/mol. The van der Waals surface area contributed by atoms with Gasteiger partial charge >= 0.3 is 0 Å². The first-order valence-electron chi connectivity index (χ1n) is 6.78. The number of rotatable bonds is 4. The van der Waals surface area contributed by atoms with Gasteiger partial charge in [-0.2, -0.15) is 0 Å². The fourth-order valence-corrected chi connectivity index (χ4v) is 2.50. The lowest BCUT2D eigenvalue weighted by Gasteiger charge is -2.29. The first-order valence-corrected chi connectivity index (χ1v) is 6.78. The van der Waals surface area contributed by atoms with E-state index >= 15 is 0 Å². The van der Waals surface area contributed by atoms with Crippen LogP contribution in [-0.2, 0) is 0 Å². The number of amides is 1. The highest BCUT2D eigenvalue weighted by molar-refractivity contribution is 5.92. The molecule has 0 bridgehead atoms. The number of likely N-dealkylation sites (N-methyl/N-ethyl adjacent to an activating group) is 1. The van der Waals surface area contributed by atoms with Crippen LogP contribution >= 0.6 is 0 Å². The average Bonchev–Trinajstić information content (AvgIpc) is 2.93.